The Morgan fingerprint density at radius 1 is 1.00 bits per heavy atom. The maximum atomic E-state index is 13.7. The first-order chi connectivity index (χ1) is 13.1. The summed E-state index contributed by atoms with van der Waals surface area (Å²) in [6.45, 7) is 0.132. The maximum absolute atomic E-state index is 13.7. The molecule has 2 N–H and O–H groups in total. The number of carbonyl (C=O) groups excluding carboxylic acids is 1. The molecule has 27 heavy (non-hydrogen) atoms. The third-order valence-corrected chi connectivity index (χ3v) is 3.85. The average Bonchev–Trinajstić information content (AvgIpc) is 3.13. The number of nitrogens with zero attached hydrogens (tertiary/aromatic N) is 1. The van der Waals surface area contributed by atoms with Gasteiger partial charge in [0.25, 0.3) is 5.91 Å². The van der Waals surface area contributed by atoms with Crippen LogP contribution in [-0.4, -0.2) is 17.7 Å². The van der Waals surface area contributed by atoms with Crippen LogP contribution in [0.4, 0.5) is 26.0 Å². The van der Waals surface area contributed by atoms with Crippen molar-refractivity contribution in [3.8, 4) is 11.5 Å². The van der Waals surface area contributed by atoms with Crippen LogP contribution in [0.2, 0.25) is 0 Å². The number of hydrogen-bond donors (Lipinski definition) is 2. The average molecular weight is 369 g/mol. The first-order valence-corrected chi connectivity index (χ1v) is 7.97. The molecule has 0 spiro atoms. The van der Waals surface area contributed by atoms with Gasteiger partial charge in [-0.05, 0) is 42.5 Å². The fourth-order valence-electron chi connectivity index (χ4n) is 2.51. The quantitative estimate of drug-likeness (QED) is 0.725. The van der Waals surface area contributed by atoms with Crippen LogP contribution >= 0.6 is 0 Å². The van der Waals surface area contributed by atoms with Crippen molar-refractivity contribution in [1.82, 2.24) is 4.98 Å². The molecular weight excluding hydrogens is 356 g/mol. The number of ether oxygens (including phenoxy) is 2. The van der Waals surface area contributed by atoms with Gasteiger partial charge in [0.15, 0.2) is 11.5 Å². The van der Waals surface area contributed by atoms with E-state index in [-0.39, 0.29) is 18.4 Å². The molecule has 3 aromatic rings. The molecule has 0 saturated carbocycles. The molecule has 2 aromatic carbocycles. The van der Waals surface area contributed by atoms with Crippen LogP contribution in [0.5, 0.6) is 11.5 Å². The van der Waals surface area contributed by atoms with Gasteiger partial charge in [0.05, 0.1) is 17.6 Å². The Labute approximate surface area is 152 Å². The van der Waals surface area contributed by atoms with E-state index in [4.69, 9.17) is 9.47 Å². The Morgan fingerprint density at radius 2 is 1.85 bits per heavy atom. The second-order valence-corrected chi connectivity index (χ2v) is 5.70. The number of rotatable bonds is 4. The van der Waals surface area contributed by atoms with Crippen LogP contribution in [0, 0.1) is 11.6 Å². The normalized spacial score (nSPS) is 11.9. The topological polar surface area (TPSA) is 72.5 Å². The largest absolute Gasteiger partial charge is 0.454 e. The minimum atomic E-state index is -0.725. The van der Waals surface area contributed by atoms with E-state index >= 15 is 0 Å². The number of nitrogens with one attached hydrogen (secondary N) is 2. The summed E-state index contributed by atoms with van der Waals surface area (Å²) >= 11 is 0. The van der Waals surface area contributed by atoms with Gasteiger partial charge in [-0.2, -0.15) is 0 Å². The number of carbonyl (C=O) groups is 1. The number of benzene rings is 2. The summed E-state index contributed by atoms with van der Waals surface area (Å²) < 4.78 is 37.1. The lowest BCUT2D eigenvalue weighted by Gasteiger charge is -2.09. The van der Waals surface area contributed by atoms with Gasteiger partial charge in [-0.25, -0.2) is 13.8 Å². The summed E-state index contributed by atoms with van der Waals surface area (Å²) in [5.74, 6) is -0.259. The van der Waals surface area contributed by atoms with Gasteiger partial charge in [0.2, 0.25) is 6.79 Å². The number of pyridine rings is 1. The SMILES string of the molecule is O=C(Nc1ccc(Nc2ccc(F)cc2F)nc1)c1ccc2c(c1)OCO2. The second kappa shape index (κ2) is 6.91. The van der Waals surface area contributed by atoms with E-state index in [1.165, 1.54) is 12.3 Å². The Bertz CT molecular complexity index is 1010. The first kappa shape index (κ1) is 16.8. The lowest BCUT2D eigenvalue weighted by Crippen LogP contribution is -2.12. The highest BCUT2D eigenvalue weighted by Crippen LogP contribution is 2.32. The zero-order valence-electron chi connectivity index (χ0n) is 13.8. The number of anilines is 3. The zero-order valence-corrected chi connectivity index (χ0v) is 13.8. The van der Waals surface area contributed by atoms with Crippen LogP contribution < -0.4 is 20.1 Å². The highest BCUT2D eigenvalue weighted by molar-refractivity contribution is 6.04. The van der Waals surface area contributed by atoms with Gasteiger partial charge in [0, 0.05) is 11.6 Å². The molecule has 0 bridgehead atoms. The highest BCUT2D eigenvalue weighted by atomic mass is 19.1. The van der Waals surface area contributed by atoms with Crippen molar-refractivity contribution in [3.05, 3.63) is 71.9 Å². The van der Waals surface area contributed by atoms with Gasteiger partial charge in [0.1, 0.15) is 17.5 Å². The predicted molar refractivity (Wildman–Crippen MR) is 94.4 cm³/mol. The minimum absolute atomic E-state index is 0.0982. The molecule has 1 aromatic heterocycles. The minimum Gasteiger partial charge on any atom is -0.454 e. The molecule has 0 fully saturated rings. The van der Waals surface area contributed by atoms with Crippen molar-refractivity contribution in [1.29, 1.82) is 0 Å². The predicted octanol–water partition coefficient (Wildman–Crippen LogP) is 4.08. The number of hydrogen-bond acceptors (Lipinski definition) is 5. The summed E-state index contributed by atoms with van der Waals surface area (Å²) in [6, 6.07) is 11.3. The molecular formula is C19H13F2N3O3. The Hall–Kier alpha value is -3.68. The van der Waals surface area contributed by atoms with E-state index in [1.54, 1.807) is 30.3 Å². The lowest BCUT2D eigenvalue weighted by atomic mass is 10.2. The fraction of sp³-hybridized carbons (Fsp3) is 0.0526. The van der Waals surface area contributed by atoms with Gasteiger partial charge < -0.3 is 20.1 Å². The summed E-state index contributed by atoms with van der Waals surface area (Å²) in [4.78, 5) is 16.4. The molecule has 136 valence electrons. The van der Waals surface area contributed by atoms with E-state index in [2.05, 4.69) is 15.6 Å². The molecule has 1 aliphatic heterocycles. The van der Waals surface area contributed by atoms with Gasteiger partial charge in [-0.15, -0.1) is 0 Å². The molecule has 1 amide bonds. The molecule has 0 atom stereocenters. The maximum Gasteiger partial charge on any atom is 0.255 e. The summed E-state index contributed by atoms with van der Waals surface area (Å²) in [5, 5.41) is 5.45. The van der Waals surface area contributed by atoms with Crippen LogP contribution in [0.1, 0.15) is 10.4 Å². The monoisotopic (exact) mass is 369 g/mol. The van der Waals surface area contributed by atoms with Crippen LogP contribution in [0.3, 0.4) is 0 Å². The van der Waals surface area contributed by atoms with Crippen molar-refractivity contribution >= 4 is 23.1 Å². The van der Waals surface area contributed by atoms with Crippen molar-refractivity contribution in [2.75, 3.05) is 17.4 Å². The third kappa shape index (κ3) is 3.64. The second-order valence-electron chi connectivity index (χ2n) is 5.70. The van der Waals surface area contributed by atoms with Gasteiger partial charge >= 0.3 is 0 Å². The number of fused-ring (bicyclic) bond motifs is 1. The van der Waals surface area contributed by atoms with Gasteiger partial charge in [-0.1, -0.05) is 0 Å². The van der Waals surface area contributed by atoms with Crippen LogP contribution in [0.25, 0.3) is 0 Å². The molecule has 0 aliphatic carbocycles. The lowest BCUT2D eigenvalue weighted by molar-refractivity contribution is 0.102. The van der Waals surface area contributed by atoms with Crippen molar-refractivity contribution in [2.24, 2.45) is 0 Å². The Kier molecular flexibility index (Phi) is 4.29. The van der Waals surface area contributed by atoms with Crippen molar-refractivity contribution in [3.63, 3.8) is 0 Å². The molecule has 0 unspecified atom stereocenters. The van der Waals surface area contributed by atoms with E-state index in [0.717, 1.165) is 12.1 Å². The number of halogens is 2. The van der Waals surface area contributed by atoms with E-state index in [1.807, 2.05) is 0 Å². The van der Waals surface area contributed by atoms with Crippen molar-refractivity contribution in [2.45, 2.75) is 0 Å². The third-order valence-electron chi connectivity index (χ3n) is 3.85. The van der Waals surface area contributed by atoms with Crippen LogP contribution in [-0.2, 0) is 0 Å². The van der Waals surface area contributed by atoms with E-state index < -0.39 is 11.6 Å². The fourth-order valence-corrected chi connectivity index (χ4v) is 2.51. The zero-order chi connectivity index (χ0) is 18.8. The Morgan fingerprint density at radius 3 is 2.63 bits per heavy atom. The van der Waals surface area contributed by atoms with Crippen LogP contribution in [0.15, 0.2) is 54.7 Å². The number of amides is 1. The van der Waals surface area contributed by atoms with E-state index in [0.29, 0.717) is 28.6 Å². The number of aromatic nitrogens is 1. The van der Waals surface area contributed by atoms with E-state index in [9.17, 15) is 13.6 Å². The smallest absolute Gasteiger partial charge is 0.255 e. The molecule has 1 aliphatic rings. The molecule has 0 radical (unpaired) electrons. The standard InChI is InChI=1S/C19H13F2N3O3/c20-12-2-4-15(14(21)8-12)24-18-6-3-13(9-22-18)23-19(25)11-1-5-16-17(7-11)27-10-26-16/h1-9H,10H2,(H,22,24)(H,23,25). The first-order valence-electron chi connectivity index (χ1n) is 7.97. The molecule has 4 rings (SSSR count). The summed E-state index contributed by atoms with van der Waals surface area (Å²) in [6.07, 6.45) is 1.43. The molecule has 2 heterocycles. The summed E-state index contributed by atoms with van der Waals surface area (Å²) in [7, 11) is 0. The molecule has 8 heteroatoms. The Balaban J connectivity index is 1.43. The van der Waals surface area contributed by atoms with Gasteiger partial charge in [-0.3, -0.25) is 4.79 Å². The molecule has 0 saturated heterocycles. The summed E-state index contributed by atoms with van der Waals surface area (Å²) in [5.41, 5.74) is 0.971. The highest BCUT2D eigenvalue weighted by Gasteiger charge is 2.16. The molecule has 6 nitrogen and oxygen atoms in total. The van der Waals surface area contributed by atoms with Crippen molar-refractivity contribution < 1.29 is 23.0 Å².